The summed E-state index contributed by atoms with van der Waals surface area (Å²) in [4.78, 5) is 24.5. The molecular formula is C15H11FN2O3. The molecule has 0 atom stereocenters. The van der Waals surface area contributed by atoms with Gasteiger partial charge in [-0.05, 0) is 36.2 Å². The van der Waals surface area contributed by atoms with E-state index in [2.05, 4.69) is 0 Å². The number of carbonyl (C=O) groups is 1. The number of amides is 1. The highest BCUT2D eigenvalue weighted by Gasteiger charge is 2.32. The monoisotopic (exact) mass is 286 g/mol. The van der Waals surface area contributed by atoms with Crippen LogP contribution in [0.4, 0.5) is 15.8 Å². The molecule has 21 heavy (non-hydrogen) atoms. The number of rotatable bonds is 2. The van der Waals surface area contributed by atoms with Gasteiger partial charge in [0, 0.05) is 18.2 Å². The summed E-state index contributed by atoms with van der Waals surface area (Å²) < 4.78 is 12.9. The Kier molecular flexibility index (Phi) is 3.13. The number of hydrogen-bond donors (Lipinski definition) is 0. The van der Waals surface area contributed by atoms with Gasteiger partial charge in [-0.25, -0.2) is 4.39 Å². The zero-order valence-electron chi connectivity index (χ0n) is 11.0. The molecule has 2 aromatic rings. The van der Waals surface area contributed by atoms with Gasteiger partial charge < -0.3 is 4.90 Å². The topological polar surface area (TPSA) is 63.5 Å². The van der Waals surface area contributed by atoms with E-state index in [1.165, 1.54) is 35.2 Å². The van der Waals surface area contributed by atoms with Gasteiger partial charge in [0.25, 0.3) is 11.6 Å². The predicted molar refractivity (Wildman–Crippen MR) is 74.9 cm³/mol. The number of benzene rings is 2. The highest BCUT2D eigenvalue weighted by molar-refractivity contribution is 6.08. The molecule has 0 fully saturated rings. The summed E-state index contributed by atoms with van der Waals surface area (Å²) in [5.74, 6) is -0.789. The second-order valence-corrected chi connectivity index (χ2v) is 4.76. The van der Waals surface area contributed by atoms with Crippen LogP contribution in [-0.4, -0.2) is 17.4 Å². The number of nitrogens with zero attached hydrogens (tertiary/aromatic N) is 2. The van der Waals surface area contributed by atoms with E-state index in [1.54, 1.807) is 12.1 Å². The highest BCUT2D eigenvalue weighted by Crippen LogP contribution is 2.37. The van der Waals surface area contributed by atoms with Crippen LogP contribution in [0.2, 0.25) is 0 Å². The predicted octanol–water partition coefficient (Wildman–Crippen LogP) is 2.94. The minimum atomic E-state index is -0.491. The molecule has 106 valence electrons. The molecule has 0 radical (unpaired) electrons. The maximum atomic E-state index is 12.9. The molecule has 1 aliphatic rings. The Hall–Kier alpha value is -2.76. The van der Waals surface area contributed by atoms with E-state index < -0.39 is 10.7 Å². The Labute approximate surface area is 119 Å². The smallest absolute Gasteiger partial charge is 0.293 e. The van der Waals surface area contributed by atoms with Gasteiger partial charge in [0.1, 0.15) is 11.5 Å². The van der Waals surface area contributed by atoms with Crippen molar-refractivity contribution in [3.8, 4) is 0 Å². The normalized spacial score (nSPS) is 13.1. The fraction of sp³-hybridized carbons (Fsp3) is 0.133. The molecule has 0 unspecified atom stereocenters. The summed E-state index contributed by atoms with van der Waals surface area (Å²) in [5.41, 5.74) is 1.35. The Bertz CT molecular complexity index is 728. The Morgan fingerprint density at radius 1 is 1.19 bits per heavy atom. The number of carbonyl (C=O) groups excluding carboxylic acids is 1. The average molecular weight is 286 g/mol. The lowest BCUT2D eigenvalue weighted by molar-refractivity contribution is -0.384. The van der Waals surface area contributed by atoms with Gasteiger partial charge in [-0.15, -0.1) is 0 Å². The Morgan fingerprint density at radius 3 is 2.57 bits per heavy atom. The number of hydrogen-bond acceptors (Lipinski definition) is 3. The summed E-state index contributed by atoms with van der Waals surface area (Å²) in [5, 5.41) is 11.1. The minimum Gasteiger partial charge on any atom is -0.302 e. The quantitative estimate of drug-likeness (QED) is 0.630. The zero-order chi connectivity index (χ0) is 15.0. The molecule has 0 aliphatic carbocycles. The van der Waals surface area contributed by atoms with Crippen molar-refractivity contribution in [3.05, 3.63) is 69.5 Å². The van der Waals surface area contributed by atoms with Gasteiger partial charge in [-0.3, -0.25) is 14.9 Å². The first-order valence-electron chi connectivity index (χ1n) is 6.41. The van der Waals surface area contributed by atoms with Crippen molar-refractivity contribution in [2.45, 2.75) is 6.42 Å². The zero-order valence-corrected chi connectivity index (χ0v) is 11.0. The van der Waals surface area contributed by atoms with Crippen molar-refractivity contribution in [2.75, 3.05) is 11.4 Å². The van der Waals surface area contributed by atoms with Crippen molar-refractivity contribution >= 4 is 17.3 Å². The summed E-state index contributed by atoms with van der Waals surface area (Å²) >= 11 is 0. The Morgan fingerprint density at radius 2 is 1.90 bits per heavy atom. The second kappa shape index (κ2) is 4.97. The van der Waals surface area contributed by atoms with Gasteiger partial charge in [0.05, 0.1) is 4.92 Å². The molecule has 1 aliphatic heterocycles. The minimum absolute atomic E-state index is 0.0829. The van der Waals surface area contributed by atoms with E-state index in [0.717, 1.165) is 5.56 Å². The molecule has 3 rings (SSSR count). The first-order chi connectivity index (χ1) is 10.1. The molecule has 1 amide bonds. The first-order valence-corrected chi connectivity index (χ1v) is 6.41. The third-order valence-corrected chi connectivity index (χ3v) is 3.51. The van der Waals surface area contributed by atoms with E-state index in [0.29, 0.717) is 24.2 Å². The summed E-state index contributed by atoms with van der Waals surface area (Å²) in [6, 6.07) is 9.93. The summed E-state index contributed by atoms with van der Waals surface area (Å²) in [6.45, 7) is 0.385. The lowest BCUT2D eigenvalue weighted by atomic mass is 10.1. The van der Waals surface area contributed by atoms with Crippen molar-refractivity contribution in [1.29, 1.82) is 0 Å². The maximum absolute atomic E-state index is 12.9. The van der Waals surface area contributed by atoms with Crippen LogP contribution in [0.5, 0.6) is 0 Å². The molecule has 2 aromatic carbocycles. The molecule has 6 heteroatoms. The van der Waals surface area contributed by atoms with Gasteiger partial charge >= 0.3 is 0 Å². The average Bonchev–Trinajstić information content (AvgIpc) is 2.91. The molecule has 0 bridgehead atoms. The fourth-order valence-corrected chi connectivity index (χ4v) is 2.53. The van der Waals surface area contributed by atoms with Crippen LogP contribution in [0.1, 0.15) is 15.9 Å². The van der Waals surface area contributed by atoms with E-state index >= 15 is 0 Å². The van der Waals surface area contributed by atoms with Crippen LogP contribution in [0, 0.1) is 15.9 Å². The van der Waals surface area contributed by atoms with E-state index in [9.17, 15) is 19.3 Å². The molecular weight excluding hydrogens is 275 g/mol. The van der Waals surface area contributed by atoms with Crippen LogP contribution in [0.25, 0.3) is 0 Å². The van der Waals surface area contributed by atoms with Gasteiger partial charge in [0.2, 0.25) is 0 Å². The van der Waals surface area contributed by atoms with Crippen LogP contribution in [0.15, 0.2) is 42.5 Å². The highest BCUT2D eigenvalue weighted by atomic mass is 19.1. The molecule has 0 N–H and O–H groups in total. The standard InChI is InChI=1S/C15H11FN2O3/c16-12-6-4-11(5-7-12)15(19)17-9-8-10-2-1-3-13(14(10)17)18(20)21/h1-7H,8-9H2. The second-order valence-electron chi connectivity index (χ2n) is 4.76. The van der Waals surface area contributed by atoms with Crippen LogP contribution in [0.3, 0.4) is 0 Å². The number of nitro groups is 1. The first kappa shape index (κ1) is 13.2. The maximum Gasteiger partial charge on any atom is 0.293 e. The summed E-state index contributed by atoms with van der Waals surface area (Å²) in [7, 11) is 0. The number of anilines is 1. The molecule has 0 saturated heterocycles. The van der Waals surface area contributed by atoms with E-state index in [1.807, 2.05) is 0 Å². The van der Waals surface area contributed by atoms with Crippen molar-refractivity contribution < 1.29 is 14.1 Å². The lowest BCUT2D eigenvalue weighted by Crippen LogP contribution is -2.29. The number of halogens is 1. The molecule has 5 nitrogen and oxygen atoms in total. The third-order valence-electron chi connectivity index (χ3n) is 3.51. The van der Waals surface area contributed by atoms with E-state index in [4.69, 9.17) is 0 Å². The number of para-hydroxylation sites is 1. The van der Waals surface area contributed by atoms with Crippen molar-refractivity contribution in [3.63, 3.8) is 0 Å². The number of fused-ring (bicyclic) bond motifs is 1. The fourth-order valence-electron chi connectivity index (χ4n) is 2.53. The van der Waals surface area contributed by atoms with E-state index in [-0.39, 0.29) is 11.6 Å². The third kappa shape index (κ3) is 2.24. The SMILES string of the molecule is O=C(c1ccc(F)cc1)N1CCc2cccc([N+](=O)[O-])c21. The van der Waals surface area contributed by atoms with Gasteiger partial charge in [0.15, 0.2) is 0 Å². The molecule has 1 heterocycles. The lowest BCUT2D eigenvalue weighted by Gasteiger charge is -2.17. The molecule has 0 spiro atoms. The Balaban J connectivity index is 2.02. The molecule has 0 saturated carbocycles. The van der Waals surface area contributed by atoms with Crippen LogP contribution in [-0.2, 0) is 6.42 Å². The largest absolute Gasteiger partial charge is 0.302 e. The van der Waals surface area contributed by atoms with Crippen molar-refractivity contribution in [2.24, 2.45) is 0 Å². The van der Waals surface area contributed by atoms with Gasteiger partial charge in [-0.2, -0.15) is 0 Å². The number of nitro benzene ring substituents is 1. The van der Waals surface area contributed by atoms with Crippen molar-refractivity contribution in [1.82, 2.24) is 0 Å². The van der Waals surface area contributed by atoms with Crippen LogP contribution >= 0.6 is 0 Å². The summed E-state index contributed by atoms with van der Waals surface area (Å²) in [6.07, 6.45) is 0.573. The molecule has 0 aromatic heterocycles. The van der Waals surface area contributed by atoms with Gasteiger partial charge in [-0.1, -0.05) is 12.1 Å². The van der Waals surface area contributed by atoms with Crippen LogP contribution < -0.4 is 4.90 Å².